The third-order valence-corrected chi connectivity index (χ3v) is 2.84. The van der Waals surface area contributed by atoms with Crippen LogP contribution in [0.2, 0.25) is 5.02 Å². The minimum atomic E-state index is 0.0676. The molecule has 0 saturated carbocycles. The average Bonchev–Trinajstić information content (AvgIpc) is 2.77. The Morgan fingerprint density at radius 1 is 1.31 bits per heavy atom. The summed E-state index contributed by atoms with van der Waals surface area (Å²) in [5.41, 5.74) is 1.09. The molecule has 1 aromatic carbocycles. The number of alkyl halides is 1. The van der Waals surface area contributed by atoms with Crippen molar-refractivity contribution in [2.75, 3.05) is 0 Å². The Morgan fingerprint density at radius 3 is 2.56 bits per heavy atom. The molecule has 0 aliphatic rings. The normalized spacial score (nSPS) is 12.7. The molecular weight excluding hydrogens is 247 g/mol. The Kier molecular flexibility index (Phi) is 3.46. The van der Waals surface area contributed by atoms with E-state index >= 15 is 0 Å². The monoisotopic (exact) mass is 256 g/mol. The van der Waals surface area contributed by atoms with Crippen LogP contribution >= 0.6 is 23.2 Å². The van der Waals surface area contributed by atoms with E-state index in [2.05, 4.69) is 10.1 Å². The largest absolute Gasteiger partial charge is 0.338 e. The van der Waals surface area contributed by atoms with Gasteiger partial charge in [-0.05, 0) is 17.7 Å². The standard InChI is InChI=1S/C11H10Cl2N2O/c1-7(8-2-4-9(13)5-3-8)11-14-10(6-12)16-15-11/h2-5,7H,6H2,1H3. The van der Waals surface area contributed by atoms with Crippen molar-refractivity contribution in [1.29, 1.82) is 0 Å². The van der Waals surface area contributed by atoms with Crippen molar-refractivity contribution in [3.63, 3.8) is 0 Å². The van der Waals surface area contributed by atoms with E-state index in [0.717, 1.165) is 5.56 Å². The van der Waals surface area contributed by atoms with Crippen LogP contribution in [0, 0.1) is 0 Å². The van der Waals surface area contributed by atoms with Gasteiger partial charge in [-0.1, -0.05) is 35.8 Å². The van der Waals surface area contributed by atoms with Crippen LogP contribution in [0.4, 0.5) is 0 Å². The summed E-state index contributed by atoms with van der Waals surface area (Å²) in [5, 5.41) is 4.60. The lowest BCUT2D eigenvalue weighted by atomic mass is 10.0. The van der Waals surface area contributed by atoms with Crippen molar-refractivity contribution in [3.05, 3.63) is 46.6 Å². The minimum absolute atomic E-state index is 0.0676. The molecule has 84 valence electrons. The van der Waals surface area contributed by atoms with Crippen LogP contribution in [-0.2, 0) is 5.88 Å². The van der Waals surface area contributed by atoms with Gasteiger partial charge in [0.15, 0.2) is 5.82 Å². The molecule has 0 saturated heterocycles. The fourth-order valence-electron chi connectivity index (χ4n) is 1.40. The van der Waals surface area contributed by atoms with Gasteiger partial charge in [0.2, 0.25) is 5.89 Å². The highest BCUT2D eigenvalue weighted by Crippen LogP contribution is 2.23. The molecule has 0 fully saturated rings. The summed E-state index contributed by atoms with van der Waals surface area (Å²) in [4.78, 5) is 4.18. The third-order valence-electron chi connectivity index (χ3n) is 2.36. The predicted molar refractivity (Wildman–Crippen MR) is 62.8 cm³/mol. The lowest BCUT2D eigenvalue weighted by molar-refractivity contribution is 0.383. The highest BCUT2D eigenvalue weighted by atomic mass is 35.5. The van der Waals surface area contributed by atoms with Crippen LogP contribution in [0.1, 0.15) is 30.1 Å². The number of benzene rings is 1. The van der Waals surface area contributed by atoms with Crippen LogP contribution in [-0.4, -0.2) is 10.1 Å². The van der Waals surface area contributed by atoms with E-state index in [0.29, 0.717) is 16.7 Å². The molecule has 3 nitrogen and oxygen atoms in total. The van der Waals surface area contributed by atoms with Gasteiger partial charge >= 0.3 is 0 Å². The maximum absolute atomic E-state index is 5.82. The first-order valence-corrected chi connectivity index (χ1v) is 5.76. The fourth-order valence-corrected chi connectivity index (χ4v) is 1.63. The van der Waals surface area contributed by atoms with Crippen molar-refractivity contribution in [1.82, 2.24) is 10.1 Å². The molecule has 0 spiro atoms. The molecule has 5 heteroatoms. The molecule has 0 aliphatic heterocycles. The van der Waals surface area contributed by atoms with Crippen LogP contribution in [0.3, 0.4) is 0 Å². The van der Waals surface area contributed by atoms with Crippen LogP contribution in [0.15, 0.2) is 28.8 Å². The topological polar surface area (TPSA) is 38.9 Å². The average molecular weight is 257 g/mol. The predicted octanol–water partition coefficient (Wildman–Crippen LogP) is 3.61. The summed E-state index contributed by atoms with van der Waals surface area (Å²) >= 11 is 11.4. The zero-order valence-corrected chi connectivity index (χ0v) is 10.2. The van der Waals surface area contributed by atoms with E-state index in [1.54, 1.807) is 0 Å². The van der Waals surface area contributed by atoms with Crippen molar-refractivity contribution in [2.24, 2.45) is 0 Å². The summed E-state index contributed by atoms with van der Waals surface area (Å²) in [6.45, 7) is 2.01. The number of nitrogens with zero attached hydrogens (tertiary/aromatic N) is 2. The Hall–Kier alpha value is -1.06. The van der Waals surface area contributed by atoms with E-state index < -0.39 is 0 Å². The molecule has 0 radical (unpaired) electrons. The summed E-state index contributed by atoms with van der Waals surface area (Å²) in [6.07, 6.45) is 0. The van der Waals surface area contributed by atoms with Gasteiger partial charge < -0.3 is 4.52 Å². The molecule has 1 aromatic heterocycles. The first-order chi connectivity index (χ1) is 7.70. The van der Waals surface area contributed by atoms with E-state index in [1.165, 1.54) is 0 Å². The van der Waals surface area contributed by atoms with Crippen molar-refractivity contribution in [2.45, 2.75) is 18.7 Å². The second-order valence-electron chi connectivity index (χ2n) is 3.45. The minimum Gasteiger partial charge on any atom is -0.338 e. The molecule has 0 bridgehead atoms. The SMILES string of the molecule is CC(c1ccc(Cl)cc1)c1noc(CCl)n1. The summed E-state index contributed by atoms with van der Waals surface area (Å²) < 4.78 is 4.96. The lowest BCUT2D eigenvalue weighted by Gasteiger charge is -2.06. The van der Waals surface area contributed by atoms with E-state index in [9.17, 15) is 0 Å². The van der Waals surface area contributed by atoms with E-state index in [1.807, 2.05) is 31.2 Å². The maximum atomic E-state index is 5.82. The maximum Gasteiger partial charge on any atom is 0.241 e. The van der Waals surface area contributed by atoms with Crippen molar-refractivity contribution < 1.29 is 4.52 Å². The molecule has 1 heterocycles. The Balaban J connectivity index is 2.24. The zero-order valence-electron chi connectivity index (χ0n) is 8.65. The first-order valence-electron chi connectivity index (χ1n) is 4.84. The van der Waals surface area contributed by atoms with Crippen molar-refractivity contribution >= 4 is 23.2 Å². The number of hydrogen-bond donors (Lipinski definition) is 0. The molecule has 0 N–H and O–H groups in total. The van der Waals surface area contributed by atoms with Gasteiger partial charge in [0, 0.05) is 10.9 Å². The second kappa shape index (κ2) is 4.85. The summed E-state index contributed by atoms with van der Waals surface area (Å²) in [7, 11) is 0. The summed E-state index contributed by atoms with van der Waals surface area (Å²) in [5.74, 6) is 1.38. The third kappa shape index (κ3) is 2.36. The lowest BCUT2D eigenvalue weighted by Crippen LogP contribution is -1.98. The fraction of sp³-hybridized carbons (Fsp3) is 0.273. The number of hydrogen-bond acceptors (Lipinski definition) is 3. The van der Waals surface area contributed by atoms with Crippen LogP contribution < -0.4 is 0 Å². The Labute approximate surface area is 103 Å². The van der Waals surface area contributed by atoms with E-state index in [-0.39, 0.29) is 11.8 Å². The zero-order chi connectivity index (χ0) is 11.5. The van der Waals surface area contributed by atoms with Gasteiger partial charge in [0.05, 0.1) is 0 Å². The quantitative estimate of drug-likeness (QED) is 0.788. The number of aromatic nitrogens is 2. The van der Waals surface area contributed by atoms with Gasteiger partial charge in [-0.2, -0.15) is 4.98 Å². The molecule has 0 aliphatic carbocycles. The van der Waals surface area contributed by atoms with E-state index in [4.69, 9.17) is 27.7 Å². The van der Waals surface area contributed by atoms with Gasteiger partial charge in [0.25, 0.3) is 0 Å². The Bertz CT molecular complexity index is 467. The summed E-state index contributed by atoms with van der Waals surface area (Å²) in [6, 6.07) is 7.58. The van der Waals surface area contributed by atoms with Gasteiger partial charge in [0.1, 0.15) is 5.88 Å². The van der Waals surface area contributed by atoms with Crippen LogP contribution in [0.5, 0.6) is 0 Å². The van der Waals surface area contributed by atoms with Crippen LogP contribution in [0.25, 0.3) is 0 Å². The molecule has 1 atom stereocenters. The Morgan fingerprint density at radius 2 is 2.00 bits per heavy atom. The van der Waals surface area contributed by atoms with Crippen molar-refractivity contribution in [3.8, 4) is 0 Å². The number of rotatable bonds is 3. The molecule has 0 amide bonds. The molecule has 1 unspecified atom stereocenters. The second-order valence-corrected chi connectivity index (χ2v) is 4.16. The van der Waals surface area contributed by atoms with Gasteiger partial charge in [-0.25, -0.2) is 0 Å². The first kappa shape index (κ1) is 11.4. The molecule has 2 rings (SSSR count). The number of halogens is 2. The molecule has 2 aromatic rings. The highest BCUT2D eigenvalue weighted by Gasteiger charge is 2.15. The highest BCUT2D eigenvalue weighted by molar-refractivity contribution is 6.30. The van der Waals surface area contributed by atoms with Gasteiger partial charge in [-0.15, -0.1) is 11.6 Å². The smallest absolute Gasteiger partial charge is 0.241 e. The van der Waals surface area contributed by atoms with Gasteiger partial charge in [-0.3, -0.25) is 0 Å². The molecular formula is C11H10Cl2N2O. The molecule has 16 heavy (non-hydrogen) atoms.